The summed E-state index contributed by atoms with van der Waals surface area (Å²) in [6.07, 6.45) is 2.91. The fraction of sp³-hybridized carbons (Fsp3) is 0.435. The van der Waals surface area contributed by atoms with E-state index in [1.165, 1.54) is 12.5 Å². The number of para-hydroxylation sites is 1. The molecule has 0 radical (unpaired) electrons. The van der Waals surface area contributed by atoms with Crippen molar-refractivity contribution < 1.29 is 14.6 Å². The summed E-state index contributed by atoms with van der Waals surface area (Å²) in [4.78, 5) is 14.0. The van der Waals surface area contributed by atoms with E-state index < -0.39 is 6.10 Å². The summed E-state index contributed by atoms with van der Waals surface area (Å²) < 4.78 is 5.70. The maximum absolute atomic E-state index is 11.6. The molecule has 2 aromatic rings. The number of hydrogen-bond acceptors (Lipinski definition) is 4. The van der Waals surface area contributed by atoms with E-state index in [-0.39, 0.29) is 12.4 Å². The number of hydrogen-bond donors (Lipinski definition) is 1. The van der Waals surface area contributed by atoms with Crippen LogP contribution in [0.2, 0.25) is 0 Å². The van der Waals surface area contributed by atoms with E-state index in [1.807, 2.05) is 12.1 Å². The highest BCUT2D eigenvalue weighted by Crippen LogP contribution is 2.22. The first-order valence-corrected chi connectivity index (χ1v) is 9.79. The molecule has 1 heterocycles. The first-order chi connectivity index (χ1) is 13.1. The minimum absolute atomic E-state index is 0.0272. The zero-order chi connectivity index (χ0) is 19.1. The molecule has 3 rings (SSSR count). The number of carbonyl (C=O) groups is 1. The fourth-order valence-electron chi connectivity index (χ4n) is 3.74. The number of rotatable bonds is 8. The quantitative estimate of drug-likeness (QED) is 0.725. The Hall–Kier alpha value is -2.17. The minimum atomic E-state index is -0.560. The summed E-state index contributed by atoms with van der Waals surface area (Å²) in [7, 11) is 0. The van der Waals surface area contributed by atoms with Crippen molar-refractivity contribution in [3.63, 3.8) is 0 Å². The lowest BCUT2D eigenvalue weighted by molar-refractivity contribution is 0.0546. The van der Waals surface area contributed by atoms with Crippen LogP contribution in [-0.4, -0.2) is 48.1 Å². The summed E-state index contributed by atoms with van der Waals surface area (Å²) in [5, 5.41) is 10.3. The Balaban J connectivity index is 1.41. The fourth-order valence-corrected chi connectivity index (χ4v) is 3.74. The van der Waals surface area contributed by atoms with Gasteiger partial charge in [-0.25, -0.2) is 0 Å². The van der Waals surface area contributed by atoms with Gasteiger partial charge in [-0.05, 0) is 62.9 Å². The molecule has 27 heavy (non-hydrogen) atoms. The van der Waals surface area contributed by atoms with Crippen LogP contribution in [0.3, 0.4) is 0 Å². The van der Waals surface area contributed by atoms with Crippen molar-refractivity contribution in [1.82, 2.24) is 4.90 Å². The highest BCUT2D eigenvalue weighted by atomic mass is 16.5. The zero-order valence-electron chi connectivity index (χ0n) is 16.0. The van der Waals surface area contributed by atoms with Gasteiger partial charge in [-0.3, -0.25) is 4.79 Å². The van der Waals surface area contributed by atoms with Crippen LogP contribution in [0.1, 0.15) is 35.7 Å². The Morgan fingerprint density at radius 1 is 1.11 bits per heavy atom. The highest BCUT2D eigenvalue weighted by Gasteiger charge is 2.21. The molecular formula is C23H29NO3. The Morgan fingerprint density at radius 3 is 2.48 bits per heavy atom. The van der Waals surface area contributed by atoms with E-state index in [2.05, 4.69) is 35.2 Å². The van der Waals surface area contributed by atoms with Crippen molar-refractivity contribution in [3.05, 3.63) is 65.7 Å². The smallest absolute Gasteiger partial charge is 0.163 e. The lowest BCUT2D eigenvalue weighted by atomic mass is 9.90. The van der Waals surface area contributed by atoms with E-state index in [9.17, 15) is 9.90 Å². The highest BCUT2D eigenvalue weighted by molar-refractivity contribution is 5.96. The number of benzene rings is 2. The number of Topliss-reactive ketones (excluding diaryl/α,β-unsaturated/α-hetero) is 1. The van der Waals surface area contributed by atoms with Gasteiger partial charge < -0.3 is 14.7 Å². The predicted molar refractivity (Wildman–Crippen MR) is 107 cm³/mol. The van der Waals surface area contributed by atoms with E-state index in [0.717, 1.165) is 38.3 Å². The number of β-amino-alcohol motifs (C(OH)–C–C–N with tert-alkyl or cyclic N) is 1. The largest absolute Gasteiger partial charge is 0.490 e. The van der Waals surface area contributed by atoms with Crippen LogP contribution in [0.25, 0.3) is 0 Å². The Kier molecular flexibility index (Phi) is 7.02. The van der Waals surface area contributed by atoms with E-state index in [4.69, 9.17) is 4.74 Å². The summed E-state index contributed by atoms with van der Waals surface area (Å²) in [5.41, 5.74) is 1.97. The number of ketones is 1. The molecule has 0 spiro atoms. The third-order valence-electron chi connectivity index (χ3n) is 5.24. The molecule has 4 heteroatoms. The Bertz CT molecular complexity index is 723. The normalized spacial score (nSPS) is 16.8. The van der Waals surface area contributed by atoms with Crippen LogP contribution < -0.4 is 4.74 Å². The van der Waals surface area contributed by atoms with Gasteiger partial charge in [-0.2, -0.15) is 0 Å². The molecule has 1 unspecified atom stereocenters. The minimum Gasteiger partial charge on any atom is -0.490 e. The molecular weight excluding hydrogens is 338 g/mol. The van der Waals surface area contributed by atoms with Gasteiger partial charge in [0.1, 0.15) is 18.5 Å². The maximum Gasteiger partial charge on any atom is 0.163 e. The SMILES string of the molecule is CC(=O)c1ccccc1OCC(O)CN1CCC(Cc2ccccc2)CC1. The van der Waals surface area contributed by atoms with Crippen LogP contribution in [-0.2, 0) is 6.42 Å². The monoisotopic (exact) mass is 367 g/mol. The molecule has 2 aromatic carbocycles. The van der Waals surface area contributed by atoms with Gasteiger partial charge in [0.25, 0.3) is 0 Å². The first-order valence-electron chi connectivity index (χ1n) is 9.79. The average Bonchev–Trinajstić information content (AvgIpc) is 2.69. The van der Waals surface area contributed by atoms with Crippen molar-refractivity contribution >= 4 is 5.78 Å². The molecule has 0 amide bonds. The van der Waals surface area contributed by atoms with E-state index in [1.54, 1.807) is 12.1 Å². The molecule has 1 aliphatic rings. The predicted octanol–water partition coefficient (Wildman–Crippen LogP) is 3.58. The molecule has 0 aliphatic carbocycles. The Morgan fingerprint density at radius 2 is 1.78 bits per heavy atom. The summed E-state index contributed by atoms with van der Waals surface area (Å²) in [5.74, 6) is 1.24. The van der Waals surface area contributed by atoms with Gasteiger partial charge >= 0.3 is 0 Å². The number of ether oxygens (including phenoxy) is 1. The second-order valence-corrected chi connectivity index (χ2v) is 7.45. The average molecular weight is 367 g/mol. The lowest BCUT2D eigenvalue weighted by Gasteiger charge is -2.33. The van der Waals surface area contributed by atoms with Gasteiger partial charge in [0.2, 0.25) is 0 Å². The van der Waals surface area contributed by atoms with Gasteiger partial charge in [-0.15, -0.1) is 0 Å². The topological polar surface area (TPSA) is 49.8 Å². The standard InChI is InChI=1S/C23H29NO3/c1-18(25)22-9-5-6-10-23(22)27-17-21(26)16-24-13-11-20(12-14-24)15-19-7-3-2-4-8-19/h2-10,20-21,26H,11-17H2,1H3. The van der Waals surface area contributed by atoms with Crippen molar-refractivity contribution in [1.29, 1.82) is 0 Å². The number of nitrogens with zero attached hydrogens (tertiary/aromatic N) is 1. The lowest BCUT2D eigenvalue weighted by Crippen LogP contribution is -2.41. The van der Waals surface area contributed by atoms with Crippen molar-refractivity contribution in [2.75, 3.05) is 26.2 Å². The van der Waals surface area contributed by atoms with Gasteiger partial charge in [0.15, 0.2) is 5.78 Å². The molecule has 1 fully saturated rings. The van der Waals surface area contributed by atoms with Crippen molar-refractivity contribution in [2.45, 2.75) is 32.3 Å². The molecule has 1 atom stereocenters. The van der Waals surface area contributed by atoms with Gasteiger partial charge in [0, 0.05) is 6.54 Å². The molecule has 0 bridgehead atoms. The molecule has 1 aliphatic heterocycles. The van der Waals surface area contributed by atoms with E-state index in [0.29, 0.717) is 17.9 Å². The second kappa shape index (κ2) is 9.67. The second-order valence-electron chi connectivity index (χ2n) is 7.45. The third-order valence-corrected chi connectivity index (χ3v) is 5.24. The van der Waals surface area contributed by atoms with Gasteiger partial charge in [-0.1, -0.05) is 42.5 Å². The summed E-state index contributed by atoms with van der Waals surface area (Å²) in [6.45, 7) is 4.37. The molecule has 4 nitrogen and oxygen atoms in total. The van der Waals surface area contributed by atoms with Crippen LogP contribution in [0.5, 0.6) is 5.75 Å². The first kappa shape index (κ1) is 19.6. The molecule has 1 N–H and O–H groups in total. The van der Waals surface area contributed by atoms with E-state index >= 15 is 0 Å². The molecule has 1 saturated heterocycles. The number of aliphatic hydroxyl groups is 1. The van der Waals surface area contributed by atoms with Gasteiger partial charge in [0.05, 0.1) is 5.56 Å². The van der Waals surface area contributed by atoms with Crippen LogP contribution in [0, 0.1) is 5.92 Å². The van der Waals surface area contributed by atoms with Crippen LogP contribution in [0.15, 0.2) is 54.6 Å². The Labute approximate surface area is 161 Å². The van der Waals surface area contributed by atoms with Crippen LogP contribution in [0.4, 0.5) is 0 Å². The molecule has 0 aromatic heterocycles. The number of piperidine rings is 1. The number of carbonyl (C=O) groups excluding carboxylic acids is 1. The zero-order valence-corrected chi connectivity index (χ0v) is 16.0. The number of aliphatic hydroxyl groups excluding tert-OH is 1. The summed E-state index contributed by atoms with van der Waals surface area (Å²) in [6, 6.07) is 17.9. The summed E-state index contributed by atoms with van der Waals surface area (Å²) >= 11 is 0. The van der Waals surface area contributed by atoms with Crippen molar-refractivity contribution in [2.24, 2.45) is 5.92 Å². The third kappa shape index (κ3) is 5.91. The van der Waals surface area contributed by atoms with Crippen LogP contribution >= 0.6 is 0 Å². The van der Waals surface area contributed by atoms with Crippen molar-refractivity contribution in [3.8, 4) is 5.75 Å². The molecule has 144 valence electrons. The maximum atomic E-state index is 11.6. The molecule has 0 saturated carbocycles. The number of likely N-dealkylation sites (tertiary alicyclic amines) is 1.